The standard InChI is InChI=1S/C22H29N/c1-2-3-4-5-6-8-19-10-14-21(15-11-19)22-16-12-20(13-17-22)9-7-18-23/h10-11,14-15,20,22H,2-6,8,12-13,16-17H2,1H3/t20-,22-. The van der Waals surface area contributed by atoms with E-state index >= 15 is 0 Å². The molecule has 0 radical (unpaired) electrons. The molecular formula is C22H29N. The Kier molecular flexibility index (Phi) is 7.75. The van der Waals surface area contributed by atoms with Gasteiger partial charge in [0.2, 0.25) is 0 Å². The summed E-state index contributed by atoms with van der Waals surface area (Å²) in [5, 5.41) is 8.53. The molecule has 0 aliphatic heterocycles. The lowest BCUT2D eigenvalue weighted by Gasteiger charge is -2.26. The molecule has 0 unspecified atom stereocenters. The zero-order valence-electron chi connectivity index (χ0n) is 14.5. The highest BCUT2D eigenvalue weighted by Gasteiger charge is 2.21. The Balaban J connectivity index is 1.76. The maximum absolute atomic E-state index is 8.53. The predicted molar refractivity (Wildman–Crippen MR) is 97.0 cm³/mol. The van der Waals surface area contributed by atoms with Crippen LogP contribution in [0.4, 0.5) is 0 Å². The first-order chi connectivity index (χ1) is 11.3. The smallest absolute Gasteiger partial charge is 0.152 e. The van der Waals surface area contributed by atoms with Crippen molar-refractivity contribution >= 4 is 0 Å². The van der Waals surface area contributed by atoms with Crippen molar-refractivity contribution in [3.8, 4) is 17.9 Å². The lowest BCUT2D eigenvalue weighted by molar-refractivity contribution is 0.384. The molecule has 0 spiro atoms. The maximum Gasteiger partial charge on any atom is 0.152 e. The van der Waals surface area contributed by atoms with E-state index in [9.17, 15) is 0 Å². The molecule has 1 heteroatoms. The van der Waals surface area contributed by atoms with Gasteiger partial charge in [0, 0.05) is 11.8 Å². The average Bonchev–Trinajstić information content (AvgIpc) is 2.61. The summed E-state index contributed by atoms with van der Waals surface area (Å²) in [5.41, 5.74) is 2.98. The SMILES string of the molecule is CCCCCCCc1ccc([C@H]2CC[C@H](C#CC#N)CC2)cc1. The van der Waals surface area contributed by atoms with E-state index in [4.69, 9.17) is 5.26 Å². The third-order valence-electron chi connectivity index (χ3n) is 5.08. The molecular weight excluding hydrogens is 278 g/mol. The highest BCUT2D eigenvalue weighted by molar-refractivity contribution is 5.26. The van der Waals surface area contributed by atoms with Gasteiger partial charge in [-0.3, -0.25) is 0 Å². The molecule has 0 N–H and O–H groups in total. The molecule has 0 aromatic heterocycles. The molecule has 122 valence electrons. The van der Waals surface area contributed by atoms with E-state index in [1.165, 1.54) is 62.5 Å². The molecule has 1 aliphatic rings. The van der Waals surface area contributed by atoms with Gasteiger partial charge in [0.1, 0.15) is 0 Å². The minimum Gasteiger partial charge on any atom is -0.183 e. The molecule has 1 aliphatic carbocycles. The van der Waals surface area contributed by atoms with Crippen LogP contribution in [0.1, 0.15) is 81.8 Å². The predicted octanol–water partition coefficient (Wildman–Crippen LogP) is 6.00. The molecule has 2 rings (SSSR count). The Hall–Kier alpha value is -1.73. The van der Waals surface area contributed by atoms with Crippen LogP contribution in [0.3, 0.4) is 0 Å². The van der Waals surface area contributed by atoms with Gasteiger partial charge in [-0.05, 0) is 55.6 Å². The Bertz CT molecular complexity index is 544. The highest BCUT2D eigenvalue weighted by Crippen LogP contribution is 2.35. The second-order valence-corrected chi connectivity index (χ2v) is 6.84. The fourth-order valence-electron chi connectivity index (χ4n) is 3.59. The molecule has 1 fully saturated rings. The van der Waals surface area contributed by atoms with E-state index in [-0.39, 0.29) is 0 Å². The zero-order valence-corrected chi connectivity index (χ0v) is 14.5. The summed E-state index contributed by atoms with van der Waals surface area (Å²) < 4.78 is 0. The molecule has 0 saturated heterocycles. The Labute approximate surface area is 142 Å². The van der Waals surface area contributed by atoms with Gasteiger partial charge < -0.3 is 0 Å². The van der Waals surface area contributed by atoms with Crippen LogP contribution in [0, 0.1) is 29.1 Å². The fraction of sp³-hybridized carbons (Fsp3) is 0.591. The molecule has 0 atom stereocenters. The van der Waals surface area contributed by atoms with Gasteiger partial charge in [-0.2, -0.15) is 5.26 Å². The van der Waals surface area contributed by atoms with Crippen LogP contribution >= 0.6 is 0 Å². The number of hydrogen-bond acceptors (Lipinski definition) is 1. The molecule has 0 amide bonds. The summed E-state index contributed by atoms with van der Waals surface area (Å²) in [7, 11) is 0. The first kappa shape index (κ1) is 17.6. The molecule has 1 aromatic carbocycles. The Morgan fingerprint density at radius 1 is 0.957 bits per heavy atom. The normalized spacial score (nSPS) is 20.3. The summed E-state index contributed by atoms with van der Waals surface area (Å²) in [5.74, 6) is 6.77. The van der Waals surface area contributed by atoms with Crippen molar-refractivity contribution in [3.63, 3.8) is 0 Å². The second kappa shape index (κ2) is 10.1. The van der Waals surface area contributed by atoms with Gasteiger partial charge in [-0.25, -0.2) is 0 Å². The van der Waals surface area contributed by atoms with Crippen LogP contribution < -0.4 is 0 Å². The maximum atomic E-state index is 8.53. The number of hydrogen-bond donors (Lipinski definition) is 0. The number of aryl methyl sites for hydroxylation is 1. The number of rotatable bonds is 7. The fourth-order valence-corrected chi connectivity index (χ4v) is 3.59. The van der Waals surface area contributed by atoms with Crippen LogP contribution in [-0.2, 0) is 6.42 Å². The van der Waals surface area contributed by atoms with Crippen LogP contribution in [0.2, 0.25) is 0 Å². The van der Waals surface area contributed by atoms with Gasteiger partial charge in [0.05, 0.1) is 0 Å². The summed E-state index contributed by atoms with van der Waals surface area (Å²) in [4.78, 5) is 0. The third kappa shape index (κ3) is 6.11. The molecule has 1 aromatic rings. The molecule has 0 bridgehead atoms. The van der Waals surface area contributed by atoms with Crippen LogP contribution in [0.25, 0.3) is 0 Å². The minimum absolute atomic E-state index is 0.438. The van der Waals surface area contributed by atoms with Crippen molar-refractivity contribution in [2.24, 2.45) is 5.92 Å². The van der Waals surface area contributed by atoms with Gasteiger partial charge in [0.25, 0.3) is 0 Å². The summed E-state index contributed by atoms with van der Waals surface area (Å²) in [6.07, 6.45) is 12.7. The van der Waals surface area contributed by atoms with Gasteiger partial charge in [0.15, 0.2) is 6.07 Å². The summed E-state index contributed by atoms with van der Waals surface area (Å²) in [6, 6.07) is 11.3. The minimum atomic E-state index is 0.438. The quantitative estimate of drug-likeness (QED) is 0.447. The third-order valence-corrected chi connectivity index (χ3v) is 5.08. The van der Waals surface area contributed by atoms with Crippen LogP contribution in [0.15, 0.2) is 24.3 Å². The zero-order chi connectivity index (χ0) is 16.3. The van der Waals surface area contributed by atoms with Crippen LogP contribution in [-0.4, -0.2) is 0 Å². The second-order valence-electron chi connectivity index (χ2n) is 6.84. The van der Waals surface area contributed by atoms with Crippen molar-refractivity contribution in [2.75, 3.05) is 0 Å². The summed E-state index contributed by atoms with van der Waals surface area (Å²) in [6.45, 7) is 2.27. The van der Waals surface area contributed by atoms with Crippen molar-refractivity contribution in [1.29, 1.82) is 5.26 Å². The number of unbranched alkanes of at least 4 members (excludes halogenated alkanes) is 4. The van der Waals surface area contributed by atoms with Crippen LogP contribution in [0.5, 0.6) is 0 Å². The van der Waals surface area contributed by atoms with E-state index in [1.807, 2.05) is 6.07 Å². The lowest BCUT2D eigenvalue weighted by Crippen LogP contribution is -2.12. The van der Waals surface area contributed by atoms with Gasteiger partial charge in [-0.15, -0.1) is 0 Å². The molecule has 1 saturated carbocycles. The van der Waals surface area contributed by atoms with E-state index in [2.05, 4.69) is 43.0 Å². The number of benzene rings is 1. The monoisotopic (exact) mass is 307 g/mol. The molecule has 1 nitrogen and oxygen atoms in total. The van der Waals surface area contributed by atoms with E-state index in [1.54, 1.807) is 0 Å². The molecule has 0 heterocycles. The van der Waals surface area contributed by atoms with E-state index in [0.29, 0.717) is 11.8 Å². The summed E-state index contributed by atoms with van der Waals surface area (Å²) >= 11 is 0. The Morgan fingerprint density at radius 3 is 2.30 bits per heavy atom. The van der Waals surface area contributed by atoms with E-state index in [0.717, 1.165) is 12.8 Å². The van der Waals surface area contributed by atoms with Crippen molar-refractivity contribution < 1.29 is 0 Å². The van der Waals surface area contributed by atoms with Crippen molar-refractivity contribution in [2.45, 2.75) is 77.0 Å². The van der Waals surface area contributed by atoms with Crippen molar-refractivity contribution in [1.82, 2.24) is 0 Å². The first-order valence-corrected chi connectivity index (χ1v) is 9.32. The largest absolute Gasteiger partial charge is 0.183 e. The van der Waals surface area contributed by atoms with Crippen molar-refractivity contribution in [3.05, 3.63) is 35.4 Å². The van der Waals surface area contributed by atoms with E-state index < -0.39 is 0 Å². The average molecular weight is 307 g/mol. The topological polar surface area (TPSA) is 23.8 Å². The number of nitriles is 1. The van der Waals surface area contributed by atoms with Gasteiger partial charge >= 0.3 is 0 Å². The van der Waals surface area contributed by atoms with Gasteiger partial charge in [-0.1, -0.05) is 62.8 Å². The Morgan fingerprint density at radius 2 is 1.65 bits per heavy atom. The number of nitrogens with zero attached hydrogens (tertiary/aromatic N) is 1. The lowest BCUT2D eigenvalue weighted by atomic mass is 9.79. The highest BCUT2D eigenvalue weighted by atomic mass is 14.3. The molecule has 23 heavy (non-hydrogen) atoms. The first-order valence-electron chi connectivity index (χ1n) is 9.32.